The standard InChI is InChI=1S/C22H23BrN2O6/c1-4-13(3)31-19-17(23)10-14(11-18(19)29-5-2)9-16-20(26)24-22(28)25(21(16)27)12-15-7-6-8-30-15/h6-11,13H,4-5,12H2,1-3H3,(H,24,26,28)/b16-9+/t13-/m1/s1. The number of urea groups is 1. The molecule has 1 aromatic heterocycles. The topological polar surface area (TPSA) is 98.1 Å². The normalized spacial score (nSPS) is 16.5. The molecule has 1 aliphatic heterocycles. The third kappa shape index (κ3) is 5.16. The third-order valence-electron chi connectivity index (χ3n) is 4.62. The van der Waals surface area contributed by atoms with Gasteiger partial charge in [0.2, 0.25) is 0 Å². The van der Waals surface area contributed by atoms with Crippen LogP contribution in [-0.4, -0.2) is 35.5 Å². The van der Waals surface area contributed by atoms with E-state index in [4.69, 9.17) is 13.9 Å². The number of hydrogen-bond acceptors (Lipinski definition) is 6. The number of nitrogens with zero attached hydrogens (tertiary/aromatic N) is 1. The zero-order chi connectivity index (χ0) is 22.5. The zero-order valence-corrected chi connectivity index (χ0v) is 19.0. The molecule has 0 bridgehead atoms. The average molecular weight is 491 g/mol. The van der Waals surface area contributed by atoms with Gasteiger partial charge < -0.3 is 13.9 Å². The van der Waals surface area contributed by atoms with E-state index in [0.29, 0.717) is 33.9 Å². The number of hydrogen-bond donors (Lipinski definition) is 1. The lowest BCUT2D eigenvalue weighted by Gasteiger charge is -2.25. The fraction of sp³-hybridized carbons (Fsp3) is 0.318. The van der Waals surface area contributed by atoms with Gasteiger partial charge in [0.15, 0.2) is 11.5 Å². The Labute approximate surface area is 188 Å². The van der Waals surface area contributed by atoms with Gasteiger partial charge in [0.05, 0.1) is 30.0 Å². The molecule has 1 atom stereocenters. The molecule has 0 spiro atoms. The molecule has 0 aliphatic carbocycles. The molecule has 8 nitrogen and oxygen atoms in total. The molecule has 1 N–H and O–H groups in total. The number of rotatable bonds is 8. The maximum absolute atomic E-state index is 12.9. The minimum absolute atomic E-state index is 0.0217. The van der Waals surface area contributed by atoms with Crippen molar-refractivity contribution < 1.29 is 28.3 Å². The van der Waals surface area contributed by atoms with Crippen molar-refractivity contribution in [3.8, 4) is 11.5 Å². The average Bonchev–Trinajstić information content (AvgIpc) is 3.24. The minimum atomic E-state index is -0.794. The number of imide groups is 2. The van der Waals surface area contributed by atoms with Crippen LogP contribution in [0.3, 0.4) is 0 Å². The van der Waals surface area contributed by atoms with Crippen LogP contribution >= 0.6 is 15.9 Å². The monoisotopic (exact) mass is 490 g/mol. The van der Waals surface area contributed by atoms with Gasteiger partial charge in [0, 0.05) is 0 Å². The van der Waals surface area contributed by atoms with Crippen molar-refractivity contribution in [3.63, 3.8) is 0 Å². The Hall–Kier alpha value is -3.07. The Morgan fingerprint density at radius 2 is 2.03 bits per heavy atom. The zero-order valence-electron chi connectivity index (χ0n) is 17.4. The van der Waals surface area contributed by atoms with E-state index in [2.05, 4.69) is 21.2 Å². The van der Waals surface area contributed by atoms with Gasteiger partial charge in [-0.1, -0.05) is 6.92 Å². The molecule has 1 fully saturated rings. The molecule has 0 saturated carbocycles. The van der Waals surface area contributed by atoms with Crippen molar-refractivity contribution in [3.05, 3.63) is 51.9 Å². The summed E-state index contributed by atoms with van der Waals surface area (Å²) in [7, 11) is 0. The van der Waals surface area contributed by atoms with Crippen LogP contribution in [0.1, 0.15) is 38.5 Å². The van der Waals surface area contributed by atoms with Crippen LogP contribution in [0.5, 0.6) is 11.5 Å². The molecule has 0 radical (unpaired) electrons. The van der Waals surface area contributed by atoms with Gasteiger partial charge in [0.25, 0.3) is 11.8 Å². The van der Waals surface area contributed by atoms with Crippen LogP contribution in [0.4, 0.5) is 4.79 Å². The predicted octanol–water partition coefficient (Wildman–Crippen LogP) is 4.28. The molecule has 4 amide bonds. The summed E-state index contributed by atoms with van der Waals surface area (Å²) >= 11 is 3.49. The fourth-order valence-electron chi connectivity index (χ4n) is 2.90. The van der Waals surface area contributed by atoms with E-state index < -0.39 is 17.8 Å². The van der Waals surface area contributed by atoms with E-state index in [0.717, 1.165) is 11.3 Å². The maximum atomic E-state index is 12.9. The second-order valence-corrected chi connectivity index (χ2v) is 7.74. The molecule has 3 rings (SSSR count). The van der Waals surface area contributed by atoms with Crippen molar-refractivity contribution in [2.75, 3.05) is 6.61 Å². The minimum Gasteiger partial charge on any atom is -0.490 e. The maximum Gasteiger partial charge on any atom is 0.331 e. The lowest BCUT2D eigenvalue weighted by Crippen LogP contribution is -2.53. The Morgan fingerprint density at radius 3 is 2.68 bits per heavy atom. The number of halogens is 1. The summed E-state index contributed by atoms with van der Waals surface area (Å²) in [4.78, 5) is 38.4. The summed E-state index contributed by atoms with van der Waals surface area (Å²) in [6.45, 7) is 6.14. The number of ether oxygens (including phenoxy) is 2. The highest BCUT2D eigenvalue weighted by Gasteiger charge is 2.36. The highest BCUT2D eigenvalue weighted by Crippen LogP contribution is 2.38. The van der Waals surface area contributed by atoms with Crippen molar-refractivity contribution in [1.29, 1.82) is 0 Å². The predicted molar refractivity (Wildman–Crippen MR) is 116 cm³/mol. The summed E-state index contributed by atoms with van der Waals surface area (Å²) < 4.78 is 17.5. The largest absolute Gasteiger partial charge is 0.490 e. The smallest absolute Gasteiger partial charge is 0.331 e. The molecule has 0 unspecified atom stereocenters. The Kier molecular flexibility index (Phi) is 7.17. The van der Waals surface area contributed by atoms with Crippen LogP contribution in [0, 0.1) is 0 Å². The number of nitrogens with one attached hydrogen (secondary N) is 1. The molecule has 1 saturated heterocycles. The molecule has 31 heavy (non-hydrogen) atoms. The van der Waals surface area contributed by atoms with Crippen molar-refractivity contribution in [2.24, 2.45) is 0 Å². The van der Waals surface area contributed by atoms with Crippen LogP contribution in [0.2, 0.25) is 0 Å². The van der Waals surface area contributed by atoms with E-state index in [1.165, 1.54) is 12.3 Å². The molecule has 164 valence electrons. The van der Waals surface area contributed by atoms with Gasteiger partial charge in [-0.2, -0.15) is 0 Å². The highest BCUT2D eigenvalue weighted by atomic mass is 79.9. The SMILES string of the molecule is CCOc1cc(/C=C2\C(=O)NC(=O)N(Cc3ccco3)C2=O)cc(Br)c1O[C@H](C)CC. The molecule has 9 heteroatoms. The second-order valence-electron chi connectivity index (χ2n) is 6.89. The number of furan rings is 1. The van der Waals surface area contributed by atoms with E-state index >= 15 is 0 Å². The summed E-state index contributed by atoms with van der Waals surface area (Å²) in [6, 6.07) is 5.91. The first-order valence-corrected chi connectivity index (χ1v) is 10.7. The Morgan fingerprint density at radius 1 is 1.26 bits per heavy atom. The Bertz CT molecular complexity index is 1020. The van der Waals surface area contributed by atoms with Gasteiger partial charge in [-0.05, 0) is 72.1 Å². The molecule has 1 aromatic carbocycles. The highest BCUT2D eigenvalue weighted by molar-refractivity contribution is 9.10. The number of barbiturate groups is 1. The van der Waals surface area contributed by atoms with Crippen LogP contribution in [0.15, 0.2) is 45.0 Å². The van der Waals surface area contributed by atoms with E-state index in [1.807, 2.05) is 20.8 Å². The van der Waals surface area contributed by atoms with Crippen LogP contribution in [-0.2, 0) is 16.1 Å². The number of carbonyl (C=O) groups is 3. The Balaban J connectivity index is 1.95. The quantitative estimate of drug-likeness (QED) is 0.437. The van der Waals surface area contributed by atoms with Gasteiger partial charge in [0.1, 0.15) is 11.3 Å². The second kappa shape index (κ2) is 9.82. The molecule has 2 heterocycles. The third-order valence-corrected chi connectivity index (χ3v) is 5.21. The number of amides is 4. The van der Waals surface area contributed by atoms with E-state index in [9.17, 15) is 14.4 Å². The molecular formula is C22H23BrN2O6. The molecule has 1 aliphatic rings. The fourth-order valence-corrected chi connectivity index (χ4v) is 3.45. The summed E-state index contributed by atoms with van der Waals surface area (Å²) in [5.41, 5.74) is 0.369. The van der Waals surface area contributed by atoms with Crippen LogP contribution in [0.25, 0.3) is 6.08 Å². The van der Waals surface area contributed by atoms with Crippen LogP contribution < -0.4 is 14.8 Å². The molecular weight excluding hydrogens is 468 g/mol. The van der Waals surface area contributed by atoms with Gasteiger partial charge in [-0.25, -0.2) is 4.79 Å². The number of benzene rings is 1. The van der Waals surface area contributed by atoms with Crippen molar-refractivity contribution in [2.45, 2.75) is 39.8 Å². The van der Waals surface area contributed by atoms with Gasteiger partial charge >= 0.3 is 6.03 Å². The first-order chi connectivity index (χ1) is 14.8. The van der Waals surface area contributed by atoms with E-state index in [1.54, 1.807) is 24.3 Å². The summed E-state index contributed by atoms with van der Waals surface area (Å²) in [6.07, 6.45) is 3.66. The summed E-state index contributed by atoms with van der Waals surface area (Å²) in [5, 5.41) is 2.19. The van der Waals surface area contributed by atoms with Gasteiger partial charge in [-0.3, -0.25) is 19.8 Å². The van der Waals surface area contributed by atoms with Crippen molar-refractivity contribution >= 4 is 39.9 Å². The first-order valence-electron chi connectivity index (χ1n) is 9.88. The molecule has 2 aromatic rings. The lowest BCUT2D eigenvalue weighted by atomic mass is 10.1. The lowest BCUT2D eigenvalue weighted by molar-refractivity contribution is -0.130. The van der Waals surface area contributed by atoms with Crippen molar-refractivity contribution in [1.82, 2.24) is 10.2 Å². The van der Waals surface area contributed by atoms with Gasteiger partial charge in [-0.15, -0.1) is 0 Å². The number of carbonyl (C=O) groups excluding carboxylic acids is 3. The summed E-state index contributed by atoms with van der Waals surface area (Å²) in [5.74, 6) is -0.0207. The van der Waals surface area contributed by atoms with E-state index in [-0.39, 0.29) is 18.2 Å². The first kappa shape index (κ1) is 22.6.